The number of nitrogens with two attached hydrogens (primary N) is 1. The maximum Gasteiger partial charge on any atom is 0.257 e. The zero-order valence-electron chi connectivity index (χ0n) is 23.9. The second kappa shape index (κ2) is 10.1. The lowest BCUT2D eigenvalue weighted by atomic mass is 9.74. The van der Waals surface area contributed by atoms with Crippen molar-refractivity contribution in [3.05, 3.63) is 64.4 Å². The maximum absolute atomic E-state index is 17.1. The molecule has 4 rings (SSSR count). The summed E-state index contributed by atoms with van der Waals surface area (Å²) in [7, 11) is 1.51. The van der Waals surface area contributed by atoms with Gasteiger partial charge in [0.15, 0.2) is 5.78 Å². The van der Waals surface area contributed by atoms with E-state index in [-0.39, 0.29) is 22.5 Å². The van der Waals surface area contributed by atoms with Crippen LogP contribution in [0.5, 0.6) is 5.75 Å². The second-order valence-electron chi connectivity index (χ2n) is 12.3. The van der Waals surface area contributed by atoms with Crippen LogP contribution in [0, 0.1) is 5.41 Å². The van der Waals surface area contributed by atoms with Gasteiger partial charge in [-0.2, -0.15) is 5.10 Å². The third-order valence-electron chi connectivity index (χ3n) is 7.36. The standard InChI is InChI=1S/C29H36FN5O4S/c1-26(2,3)19-10-9-18(15-20(19)39-7)23(36)35-21(22-32-12-14-40-22)29(30,25(31)38)16-28(35,24(37)27(4,5)6)17-34-13-8-11-33-34/h8-15,21H,16-17H2,1-7H3,(H2,31,38). The number of alkyl halides is 1. The van der Waals surface area contributed by atoms with Gasteiger partial charge in [0.25, 0.3) is 11.8 Å². The Labute approximate surface area is 237 Å². The van der Waals surface area contributed by atoms with E-state index in [9.17, 15) is 14.4 Å². The highest BCUT2D eigenvalue weighted by atomic mass is 32.1. The van der Waals surface area contributed by atoms with Crippen LogP contribution in [-0.2, 0) is 21.5 Å². The number of benzene rings is 1. The van der Waals surface area contributed by atoms with Gasteiger partial charge in [-0.15, -0.1) is 11.3 Å². The number of ether oxygens (including phenoxy) is 1. The minimum Gasteiger partial charge on any atom is -0.496 e. The molecule has 3 heterocycles. The first-order valence-electron chi connectivity index (χ1n) is 13.0. The summed E-state index contributed by atoms with van der Waals surface area (Å²) in [5.41, 5.74) is 0.859. The number of Topliss-reactive ketones (excluding diaryl/α,β-unsaturated/α-hetero) is 1. The predicted molar refractivity (Wildman–Crippen MR) is 150 cm³/mol. The molecule has 1 fully saturated rings. The number of carbonyl (C=O) groups is 3. The molecule has 0 bridgehead atoms. The quantitative estimate of drug-likeness (QED) is 0.448. The third-order valence-corrected chi connectivity index (χ3v) is 8.19. The Balaban J connectivity index is 2.02. The van der Waals surface area contributed by atoms with E-state index in [2.05, 4.69) is 10.1 Å². The number of rotatable bonds is 7. The fourth-order valence-electron chi connectivity index (χ4n) is 5.60. The monoisotopic (exact) mass is 569 g/mol. The lowest BCUT2D eigenvalue weighted by molar-refractivity contribution is -0.138. The predicted octanol–water partition coefficient (Wildman–Crippen LogP) is 4.48. The molecule has 9 nitrogen and oxygen atoms in total. The number of amides is 2. The molecule has 1 saturated heterocycles. The number of ketones is 1. The molecule has 0 radical (unpaired) electrons. The van der Waals surface area contributed by atoms with E-state index in [1.54, 1.807) is 56.6 Å². The molecule has 1 aromatic carbocycles. The van der Waals surface area contributed by atoms with E-state index >= 15 is 4.39 Å². The molecule has 11 heteroatoms. The molecule has 1 aliphatic rings. The summed E-state index contributed by atoms with van der Waals surface area (Å²) in [6, 6.07) is 5.14. The van der Waals surface area contributed by atoms with Gasteiger partial charge in [-0.25, -0.2) is 9.37 Å². The van der Waals surface area contributed by atoms with E-state index in [4.69, 9.17) is 10.5 Å². The van der Waals surface area contributed by atoms with Crippen molar-refractivity contribution in [2.24, 2.45) is 11.1 Å². The molecule has 2 N–H and O–H groups in total. The van der Waals surface area contributed by atoms with Gasteiger partial charge in [0, 0.05) is 41.4 Å². The van der Waals surface area contributed by atoms with E-state index in [1.165, 1.54) is 29.1 Å². The van der Waals surface area contributed by atoms with Crippen molar-refractivity contribution in [2.45, 2.75) is 77.2 Å². The lowest BCUT2D eigenvalue weighted by Gasteiger charge is -2.42. The molecule has 0 saturated carbocycles. The molecule has 0 spiro atoms. The number of aromatic nitrogens is 3. The van der Waals surface area contributed by atoms with Crippen LogP contribution in [0.25, 0.3) is 0 Å². The molecule has 40 heavy (non-hydrogen) atoms. The first-order valence-corrected chi connectivity index (χ1v) is 13.9. The highest BCUT2D eigenvalue weighted by Crippen LogP contribution is 2.55. The minimum atomic E-state index is -2.78. The molecule has 2 amide bonds. The van der Waals surface area contributed by atoms with Crippen molar-refractivity contribution in [2.75, 3.05) is 7.11 Å². The average molecular weight is 570 g/mol. The van der Waals surface area contributed by atoms with Crippen LogP contribution in [0.4, 0.5) is 4.39 Å². The molecule has 3 aromatic rings. The van der Waals surface area contributed by atoms with E-state index in [0.717, 1.165) is 16.9 Å². The fourth-order valence-corrected chi connectivity index (χ4v) is 6.41. The number of halogens is 1. The van der Waals surface area contributed by atoms with Crippen molar-refractivity contribution >= 4 is 28.9 Å². The normalized spacial score (nSPS) is 23.3. The molecule has 3 unspecified atom stereocenters. The Kier molecular flexibility index (Phi) is 7.42. The topological polar surface area (TPSA) is 120 Å². The average Bonchev–Trinajstić information content (AvgIpc) is 3.62. The number of nitrogens with zero attached hydrogens (tertiary/aromatic N) is 4. The Morgan fingerprint density at radius 3 is 2.38 bits per heavy atom. The van der Waals surface area contributed by atoms with Gasteiger partial charge >= 0.3 is 0 Å². The summed E-state index contributed by atoms with van der Waals surface area (Å²) in [5, 5.41) is 6.05. The summed E-state index contributed by atoms with van der Waals surface area (Å²) in [6.07, 6.45) is 3.98. The highest BCUT2D eigenvalue weighted by molar-refractivity contribution is 7.09. The van der Waals surface area contributed by atoms with E-state index in [1.807, 2.05) is 20.8 Å². The summed E-state index contributed by atoms with van der Waals surface area (Å²) in [6.45, 7) is 11.0. The zero-order chi connectivity index (χ0) is 29.7. The number of hydrogen-bond acceptors (Lipinski definition) is 7. The van der Waals surface area contributed by atoms with Crippen LogP contribution in [-0.4, -0.2) is 55.6 Å². The van der Waals surface area contributed by atoms with Gasteiger partial charge in [-0.05, 0) is 29.2 Å². The van der Waals surface area contributed by atoms with Crippen molar-refractivity contribution in [3.63, 3.8) is 0 Å². The number of hydrogen-bond donors (Lipinski definition) is 1. The van der Waals surface area contributed by atoms with Crippen LogP contribution < -0.4 is 10.5 Å². The van der Waals surface area contributed by atoms with Crippen molar-refractivity contribution in [1.29, 1.82) is 0 Å². The molecular formula is C29H36FN5O4S. The SMILES string of the molecule is COc1cc(C(=O)N2C(c3nccs3)C(F)(C(N)=O)CC2(Cn2cccn2)C(=O)C(C)(C)C)ccc1C(C)(C)C. The molecular weight excluding hydrogens is 533 g/mol. The van der Waals surface area contributed by atoms with Gasteiger partial charge in [-0.3, -0.25) is 19.1 Å². The summed E-state index contributed by atoms with van der Waals surface area (Å²) < 4.78 is 24.2. The smallest absolute Gasteiger partial charge is 0.257 e. The molecule has 0 aliphatic carbocycles. The number of methoxy groups -OCH3 is 1. The number of thiazole rings is 1. The first-order chi connectivity index (χ1) is 18.6. The number of primary amides is 1. The fraction of sp³-hybridized carbons (Fsp3) is 0.483. The van der Waals surface area contributed by atoms with E-state index < -0.39 is 46.7 Å². The largest absolute Gasteiger partial charge is 0.496 e. The van der Waals surface area contributed by atoms with Crippen molar-refractivity contribution in [1.82, 2.24) is 19.7 Å². The highest BCUT2D eigenvalue weighted by Gasteiger charge is 2.70. The Morgan fingerprint density at radius 2 is 1.88 bits per heavy atom. The van der Waals surface area contributed by atoms with Gasteiger partial charge in [0.05, 0.1) is 13.7 Å². The van der Waals surface area contributed by atoms with Crippen LogP contribution in [0.2, 0.25) is 0 Å². The lowest BCUT2D eigenvalue weighted by Crippen LogP contribution is -2.59. The Hall–Kier alpha value is -3.60. The van der Waals surface area contributed by atoms with Crippen LogP contribution in [0.3, 0.4) is 0 Å². The van der Waals surface area contributed by atoms with Crippen LogP contribution in [0.1, 0.15) is 74.9 Å². The van der Waals surface area contributed by atoms with Gasteiger partial charge in [0.1, 0.15) is 22.3 Å². The maximum atomic E-state index is 17.1. The molecule has 2 aromatic heterocycles. The zero-order valence-corrected chi connectivity index (χ0v) is 24.7. The van der Waals surface area contributed by atoms with Crippen molar-refractivity contribution in [3.8, 4) is 5.75 Å². The van der Waals surface area contributed by atoms with Gasteiger partial charge in [0.2, 0.25) is 5.67 Å². The molecule has 214 valence electrons. The number of likely N-dealkylation sites (tertiary alicyclic amines) is 1. The van der Waals surface area contributed by atoms with Gasteiger partial charge < -0.3 is 15.4 Å². The van der Waals surface area contributed by atoms with Gasteiger partial charge in [-0.1, -0.05) is 47.6 Å². The minimum absolute atomic E-state index is 0.164. The van der Waals surface area contributed by atoms with E-state index in [0.29, 0.717) is 5.75 Å². The Morgan fingerprint density at radius 1 is 1.18 bits per heavy atom. The summed E-state index contributed by atoms with van der Waals surface area (Å²) >= 11 is 1.09. The Bertz CT molecular complexity index is 1410. The third kappa shape index (κ3) is 4.91. The van der Waals surface area contributed by atoms with Crippen LogP contribution in [0.15, 0.2) is 48.2 Å². The molecule has 3 atom stereocenters. The number of carbonyl (C=O) groups excluding carboxylic acids is 3. The van der Waals surface area contributed by atoms with Crippen LogP contribution >= 0.6 is 11.3 Å². The van der Waals surface area contributed by atoms with Crippen molar-refractivity contribution < 1.29 is 23.5 Å². The summed E-state index contributed by atoms with van der Waals surface area (Å²) in [5.74, 6) is -1.87. The summed E-state index contributed by atoms with van der Waals surface area (Å²) in [4.78, 5) is 47.4. The second-order valence-corrected chi connectivity index (χ2v) is 13.3. The first kappa shape index (κ1) is 29.4. The molecule has 1 aliphatic heterocycles.